The van der Waals surface area contributed by atoms with Crippen LogP contribution in [0.15, 0.2) is 24.3 Å². The van der Waals surface area contributed by atoms with Crippen molar-refractivity contribution in [2.75, 3.05) is 33.2 Å². The van der Waals surface area contributed by atoms with Crippen LogP contribution in [0.25, 0.3) is 0 Å². The van der Waals surface area contributed by atoms with Gasteiger partial charge in [0.05, 0.1) is 6.61 Å². The molecule has 1 heterocycles. The fourth-order valence-corrected chi connectivity index (χ4v) is 2.11. The molecule has 3 heteroatoms. The highest BCUT2D eigenvalue weighted by atomic mass is 16.3. The van der Waals surface area contributed by atoms with E-state index in [1.165, 1.54) is 5.56 Å². The first-order chi connectivity index (χ1) is 7.79. The summed E-state index contributed by atoms with van der Waals surface area (Å²) < 4.78 is 0. The van der Waals surface area contributed by atoms with Crippen LogP contribution in [0.1, 0.15) is 11.1 Å². The zero-order valence-electron chi connectivity index (χ0n) is 9.89. The minimum atomic E-state index is 0.143. The number of benzene rings is 1. The summed E-state index contributed by atoms with van der Waals surface area (Å²) in [6.45, 7) is 5.63. The van der Waals surface area contributed by atoms with Gasteiger partial charge in [0.1, 0.15) is 0 Å². The SMILES string of the molecule is CN1CCN(Cc2ccccc2CO)CC1. The van der Waals surface area contributed by atoms with Gasteiger partial charge in [-0.2, -0.15) is 0 Å². The van der Waals surface area contributed by atoms with E-state index >= 15 is 0 Å². The van der Waals surface area contributed by atoms with Gasteiger partial charge in [-0.3, -0.25) is 4.90 Å². The van der Waals surface area contributed by atoms with Crippen molar-refractivity contribution in [3.05, 3.63) is 35.4 Å². The first-order valence-corrected chi connectivity index (χ1v) is 5.88. The Kier molecular flexibility index (Phi) is 3.93. The summed E-state index contributed by atoms with van der Waals surface area (Å²) in [7, 11) is 2.17. The summed E-state index contributed by atoms with van der Waals surface area (Å²) >= 11 is 0. The second kappa shape index (κ2) is 5.43. The van der Waals surface area contributed by atoms with E-state index in [4.69, 9.17) is 0 Å². The molecular weight excluding hydrogens is 200 g/mol. The zero-order valence-corrected chi connectivity index (χ0v) is 9.89. The molecule has 0 amide bonds. The summed E-state index contributed by atoms with van der Waals surface area (Å²) in [5, 5.41) is 9.26. The summed E-state index contributed by atoms with van der Waals surface area (Å²) in [5.74, 6) is 0. The Morgan fingerprint density at radius 2 is 1.69 bits per heavy atom. The lowest BCUT2D eigenvalue weighted by atomic mass is 10.1. The molecule has 0 bridgehead atoms. The predicted molar refractivity (Wildman–Crippen MR) is 65.1 cm³/mol. The van der Waals surface area contributed by atoms with Crippen LogP contribution in [0.5, 0.6) is 0 Å². The van der Waals surface area contributed by atoms with Crippen LogP contribution < -0.4 is 0 Å². The molecule has 2 rings (SSSR count). The van der Waals surface area contributed by atoms with Crippen molar-refractivity contribution < 1.29 is 5.11 Å². The fraction of sp³-hybridized carbons (Fsp3) is 0.538. The van der Waals surface area contributed by atoms with Gasteiger partial charge in [0.2, 0.25) is 0 Å². The molecule has 0 atom stereocenters. The number of rotatable bonds is 3. The Hall–Kier alpha value is -0.900. The van der Waals surface area contributed by atoms with E-state index in [0.717, 1.165) is 38.3 Å². The maximum atomic E-state index is 9.26. The largest absolute Gasteiger partial charge is 0.392 e. The van der Waals surface area contributed by atoms with E-state index in [2.05, 4.69) is 22.9 Å². The first-order valence-electron chi connectivity index (χ1n) is 5.88. The molecule has 0 aliphatic carbocycles. The van der Waals surface area contributed by atoms with Crippen molar-refractivity contribution >= 4 is 0 Å². The number of nitrogens with zero attached hydrogens (tertiary/aromatic N) is 2. The third-order valence-electron chi connectivity index (χ3n) is 3.28. The van der Waals surface area contributed by atoms with Crippen LogP contribution in [0.4, 0.5) is 0 Å². The molecule has 0 unspecified atom stereocenters. The minimum absolute atomic E-state index is 0.143. The third-order valence-corrected chi connectivity index (χ3v) is 3.28. The minimum Gasteiger partial charge on any atom is -0.392 e. The van der Waals surface area contributed by atoms with Crippen molar-refractivity contribution in [1.29, 1.82) is 0 Å². The van der Waals surface area contributed by atoms with E-state index in [1.54, 1.807) is 0 Å². The average molecular weight is 220 g/mol. The standard InChI is InChI=1S/C13H20N2O/c1-14-6-8-15(9-7-14)10-12-4-2-3-5-13(12)11-16/h2-5,16H,6-11H2,1H3. The van der Waals surface area contributed by atoms with Crippen LogP contribution in [-0.2, 0) is 13.2 Å². The monoisotopic (exact) mass is 220 g/mol. The molecule has 0 saturated carbocycles. The highest BCUT2D eigenvalue weighted by Gasteiger charge is 2.14. The summed E-state index contributed by atoms with van der Waals surface area (Å²) in [5.41, 5.74) is 2.32. The molecule has 88 valence electrons. The Bertz CT molecular complexity index is 332. The zero-order chi connectivity index (χ0) is 11.4. The molecule has 1 aromatic carbocycles. The fourth-order valence-electron chi connectivity index (χ4n) is 2.11. The van der Waals surface area contributed by atoms with E-state index in [0.29, 0.717) is 0 Å². The van der Waals surface area contributed by atoms with E-state index in [1.807, 2.05) is 18.2 Å². The topological polar surface area (TPSA) is 26.7 Å². The third kappa shape index (κ3) is 2.82. The van der Waals surface area contributed by atoms with Crippen LogP contribution in [0.3, 0.4) is 0 Å². The molecule has 1 saturated heterocycles. The molecule has 0 spiro atoms. The number of aliphatic hydroxyl groups excluding tert-OH is 1. The highest BCUT2D eigenvalue weighted by molar-refractivity contribution is 5.26. The summed E-state index contributed by atoms with van der Waals surface area (Å²) in [4.78, 5) is 4.81. The van der Waals surface area contributed by atoms with Crippen molar-refractivity contribution in [1.82, 2.24) is 9.80 Å². The van der Waals surface area contributed by atoms with Gasteiger partial charge in [-0.25, -0.2) is 0 Å². The first kappa shape index (κ1) is 11.6. The van der Waals surface area contributed by atoms with Gasteiger partial charge in [-0.05, 0) is 18.2 Å². The molecule has 1 aromatic rings. The van der Waals surface area contributed by atoms with Gasteiger partial charge in [0.15, 0.2) is 0 Å². The molecule has 0 aromatic heterocycles. The van der Waals surface area contributed by atoms with Crippen molar-refractivity contribution in [3.63, 3.8) is 0 Å². The van der Waals surface area contributed by atoms with Gasteiger partial charge >= 0.3 is 0 Å². The van der Waals surface area contributed by atoms with E-state index < -0.39 is 0 Å². The summed E-state index contributed by atoms with van der Waals surface area (Å²) in [6, 6.07) is 8.15. The lowest BCUT2D eigenvalue weighted by Crippen LogP contribution is -2.44. The molecule has 1 aliphatic heterocycles. The van der Waals surface area contributed by atoms with Crippen LogP contribution >= 0.6 is 0 Å². The van der Waals surface area contributed by atoms with Gasteiger partial charge in [-0.15, -0.1) is 0 Å². The second-order valence-electron chi connectivity index (χ2n) is 4.51. The smallest absolute Gasteiger partial charge is 0.0685 e. The molecule has 0 radical (unpaired) electrons. The van der Waals surface area contributed by atoms with Crippen molar-refractivity contribution in [3.8, 4) is 0 Å². The van der Waals surface area contributed by atoms with Crippen LogP contribution in [0.2, 0.25) is 0 Å². The molecule has 3 nitrogen and oxygen atoms in total. The van der Waals surface area contributed by atoms with Crippen LogP contribution in [-0.4, -0.2) is 48.1 Å². The highest BCUT2D eigenvalue weighted by Crippen LogP contribution is 2.12. The lowest BCUT2D eigenvalue weighted by Gasteiger charge is -2.32. The number of hydrogen-bond acceptors (Lipinski definition) is 3. The number of hydrogen-bond donors (Lipinski definition) is 1. The number of piperazine rings is 1. The molecular formula is C13H20N2O. The van der Waals surface area contributed by atoms with Gasteiger partial charge in [0.25, 0.3) is 0 Å². The molecule has 1 N–H and O–H groups in total. The molecule has 1 fully saturated rings. The second-order valence-corrected chi connectivity index (χ2v) is 4.51. The van der Waals surface area contributed by atoms with E-state index in [-0.39, 0.29) is 6.61 Å². The predicted octanol–water partition coefficient (Wildman–Crippen LogP) is 0.926. The van der Waals surface area contributed by atoms with Crippen molar-refractivity contribution in [2.45, 2.75) is 13.2 Å². The quantitative estimate of drug-likeness (QED) is 0.821. The Morgan fingerprint density at radius 3 is 2.31 bits per heavy atom. The van der Waals surface area contributed by atoms with Gasteiger partial charge in [0, 0.05) is 32.7 Å². The van der Waals surface area contributed by atoms with Gasteiger partial charge in [-0.1, -0.05) is 24.3 Å². The van der Waals surface area contributed by atoms with Crippen molar-refractivity contribution in [2.24, 2.45) is 0 Å². The normalized spacial score (nSPS) is 18.9. The van der Waals surface area contributed by atoms with E-state index in [9.17, 15) is 5.11 Å². The summed E-state index contributed by atoms with van der Waals surface area (Å²) in [6.07, 6.45) is 0. The molecule has 1 aliphatic rings. The lowest BCUT2D eigenvalue weighted by molar-refractivity contribution is 0.147. The van der Waals surface area contributed by atoms with Crippen LogP contribution in [0, 0.1) is 0 Å². The maximum absolute atomic E-state index is 9.26. The molecule has 16 heavy (non-hydrogen) atoms. The Labute approximate surface area is 97.3 Å². The Balaban J connectivity index is 1.98. The number of likely N-dealkylation sites (N-methyl/N-ethyl adjacent to an activating group) is 1. The average Bonchev–Trinajstić information content (AvgIpc) is 2.33. The Morgan fingerprint density at radius 1 is 1.06 bits per heavy atom. The van der Waals surface area contributed by atoms with Gasteiger partial charge < -0.3 is 10.0 Å². The maximum Gasteiger partial charge on any atom is 0.0685 e. The number of aliphatic hydroxyl groups is 1.